The van der Waals surface area contributed by atoms with E-state index in [0.717, 1.165) is 39.3 Å². The predicted molar refractivity (Wildman–Crippen MR) is 74.6 cm³/mol. The zero-order valence-electron chi connectivity index (χ0n) is 11.1. The summed E-state index contributed by atoms with van der Waals surface area (Å²) >= 11 is 5.92. The number of carbonyl (C=O) groups is 1. The first kappa shape index (κ1) is 13.0. The van der Waals surface area contributed by atoms with Crippen LogP contribution in [0.1, 0.15) is 10.5 Å². The van der Waals surface area contributed by atoms with Gasteiger partial charge in [-0.05, 0) is 6.07 Å². The van der Waals surface area contributed by atoms with Crippen molar-refractivity contribution < 1.29 is 4.79 Å². The van der Waals surface area contributed by atoms with Crippen molar-refractivity contribution in [3.8, 4) is 0 Å². The minimum Gasteiger partial charge on any atom is -0.345 e. The molecule has 1 aromatic rings. The van der Waals surface area contributed by atoms with Crippen molar-refractivity contribution in [1.29, 1.82) is 0 Å². The number of aromatic nitrogens is 1. The third-order valence-corrected chi connectivity index (χ3v) is 4.21. The van der Waals surface area contributed by atoms with Crippen LogP contribution in [0.15, 0.2) is 12.3 Å². The van der Waals surface area contributed by atoms with Crippen LogP contribution in [-0.4, -0.2) is 65.6 Å². The molecule has 104 valence electrons. The fourth-order valence-corrected chi connectivity index (χ4v) is 3.05. The van der Waals surface area contributed by atoms with E-state index in [1.807, 2.05) is 11.9 Å². The highest BCUT2D eigenvalue weighted by Gasteiger charge is 2.36. The molecule has 0 radical (unpaired) electrons. The normalized spacial score (nSPS) is 21.5. The van der Waals surface area contributed by atoms with Crippen molar-refractivity contribution in [3.05, 3.63) is 23.0 Å². The summed E-state index contributed by atoms with van der Waals surface area (Å²) in [5.41, 5.74) is 0.670. The molecule has 0 atom stereocenters. The number of likely N-dealkylation sites (tertiary alicyclic amines) is 1. The average Bonchev–Trinajstić information content (AvgIpc) is 2.68. The molecule has 3 rings (SSSR count). The average molecular weight is 283 g/mol. The van der Waals surface area contributed by atoms with Gasteiger partial charge in [0, 0.05) is 58.6 Å². The smallest absolute Gasteiger partial charge is 0.270 e. The summed E-state index contributed by atoms with van der Waals surface area (Å²) in [7, 11) is 1.85. The van der Waals surface area contributed by atoms with Crippen LogP contribution in [0.25, 0.3) is 0 Å². The Hall–Kier alpha value is -1.04. The van der Waals surface area contributed by atoms with Crippen molar-refractivity contribution in [2.24, 2.45) is 7.05 Å². The van der Waals surface area contributed by atoms with Gasteiger partial charge in [0.15, 0.2) is 0 Å². The number of nitrogens with one attached hydrogen (secondary N) is 1. The Kier molecular flexibility index (Phi) is 3.52. The quantitative estimate of drug-likeness (QED) is 0.854. The molecule has 0 bridgehead atoms. The van der Waals surface area contributed by atoms with Gasteiger partial charge in [-0.15, -0.1) is 0 Å². The van der Waals surface area contributed by atoms with Gasteiger partial charge in [0.25, 0.3) is 5.91 Å². The van der Waals surface area contributed by atoms with E-state index in [-0.39, 0.29) is 5.91 Å². The van der Waals surface area contributed by atoms with E-state index in [1.165, 1.54) is 0 Å². The van der Waals surface area contributed by atoms with Gasteiger partial charge >= 0.3 is 0 Å². The second kappa shape index (κ2) is 5.15. The summed E-state index contributed by atoms with van der Waals surface area (Å²) in [5.74, 6) is 0.0841. The first-order chi connectivity index (χ1) is 9.15. The Morgan fingerprint density at radius 2 is 2.05 bits per heavy atom. The summed E-state index contributed by atoms with van der Waals surface area (Å²) < 4.78 is 1.79. The molecule has 0 saturated carbocycles. The number of nitrogens with zero attached hydrogens (tertiary/aromatic N) is 3. The van der Waals surface area contributed by atoms with Crippen LogP contribution < -0.4 is 5.32 Å². The van der Waals surface area contributed by atoms with Crippen LogP contribution in [-0.2, 0) is 7.05 Å². The molecule has 3 heterocycles. The number of rotatable bonds is 2. The molecule has 6 heteroatoms. The molecule has 1 N–H and O–H groups in total. The second-order valence-corrected chi connectivity index (χ2v) is 5.74. The number of hydrogen-bond donors (Lipinski definition) is 1. The monoisotopic (exact) mass is 282 g/mol. The van der Waals surface area contributed by atoms with E-state index in [2.05, 4.69) is 10.2 Å². The van der Waals surface area contributed by atoms with Crippen LogP contribution in [0.5, 0.6) is 0 Å². The number of hydrogen-bond acceptors (Lipinski definition) is 3. The van der Waals surface area contributed by atoms with E-state index < -0.39 is 0 Å². The lowest BCUT2D eigenvalue weighted by molar-refractivity contribution is 0.0220. The Morgan fingerprint density at radius 3 is 2.63 bits per heavy atom. The largest absolute Gasteiger partial charge is 0.345 e. The highest BCUT2D eigenvalue weighted by atomic mass is 35.5. The van der Waals surface area contributed by atoms with Crippen LogP contribution in [0.3, 0.4) is 0 Å². The Balaban J connectivity index is 1.58. The van der Waals surface area contributed by atoms with Gasteiger partial charge in [-0.3, -0.25) is 9.69 Å². The number of piperazine rings is 1. The third kappa shape index (κ3) is 2.50. The number of halogens is 1. The molecule has 2 saturated heterocycles. The van der Waals surface area contributed by atoms with Crippen molar-refractivity contribution in [2.75, 3.05) is 39.3 Å². The van der Waals surface area contributed by atoms with Crippen LogP contribution in [0.4, 0.5) is 0 Å². The maximum atomic E-state index is 12.3. The number of amides is 1. The summed E-state index contributed by atoms with van der Waals surface area (Å²) in [4.78, 5) is 16.7. The summed E-state index contributed by atoms with van der Waals surface area (Å²) in [6.45, 7) is 5.95. The Labute approximate surface area is 118 Å². The van der Waals surface area contributed by atoms with Crippen LogP contribution in [0.2, 0.25) is 5.02 Å². The van der Waals surface area contributed by atoms with Gasteiger partial charge in [0.05, 0.1) is 5.02 Å². The zero-order chi connectivity index (χ0) is 13.4. The molecule has 5 nitrogen and oxygen atoms in total. The molecule has 0 spiro atoms. The maximum absolute atomic E-state index is 12.3. The molecule has 19 heavy (non-hydrogen) atoms. The lowest BCUT2D eigenvalue weighted by atomic mass is 10.1. The fraction of sp³-hybridized carbons (Fsp3) is 0.615. The standard InChI is InChI=1S/C13H19ClN4O/c1-16-7-10(14)6-12(16)13(19)18-8-11(9-18)17-4-2-15-3-5-17/h6-7,11,15H,2-5,8-9H2,1H3. The Morgan fingerprint density at radius 1 is 1.37 bits per heavy atom. The molecule has 0 unspecified atom stereocenters. The third-order valence-electron chi connectivity index (χ3n) is 4.01. The minimum atomic E-state index is 0.0841. The maximum Gasteiger partial charge on any atom is 0.270 e. The van der Waals surface area contributed by atoms with Crippen LogP contribution >= 0.6 is 11.6 Å². The van der Waals surface area contributed by atoms with E-state index in [0.29, 0.717) is 16.8 Å². The lowest BCUT2D eigenvalue weighted by Gasteiger charge is -2.46. The predicted octanol–water partition coefficient (Wildman–Crippen LogP) is 0.408. The van der Waals surface area contributed by atoms with Gasteiger partial charge in [-0.2, -0.15) is 0 Å². The Bertz CT molecular complexity index is 475. The fourth-order valence-electron chi connectivity index (χ4n) is 2.80. The lowest BCUT2D eigenvalue weighted by Crippen LogP contribution is -2.64. The van der Waals surface area contributed by atoms with Crippen molar-refractivity contribution in [3.63, 3.8) is 0 Å². The first-order valence-electron chi connectivity index (χ1n) is 6.71. The van der Waals surface area contributed by atoms with Gasteiger partial charge in [0.1, 0.15) is 5.69 Å². The molecule has 1 aromatic heterocycles. The topological polar surface area (TPSA) is 40.5 Å². The van der Waals surface area contributed by atoms with E-state index in [1.54, 1.807) is 16.8 Å². The van der Waals surface area contributed by atoms with Gasteiger partial charge < -0.3 is 14.8 Å². The highest BCUT2D eigenvalue weighted by Crippen LogP contribution is 2.20. The summed E-state index contributed by atoms with van der Waals surface area (Å²) in [6.07, 6.45) is 1.77. The minimum absolute atomic E-state index is 0.0841. The molecular weight excluding hydrogens is 264 g/mol. The number of carbonyl (C=O) groups excluding carboxylic acids is 1. The zero-order valence-corrected chi connectivity index (χ0v) is 11.9. The summed E-state index contributed by atoms with van der Waals surface area (Å²) in [6, 6.07) is 2.27. The van der Waals surface area contributed by atoms with Gasteiger partial charge in [-0.25, -0.2) is 0 Å². The first-order valence-corrected chi connectivity index (χ1v) is 7.09. The van der Waals surface area contributed by atoms with Crippen molar-refractivity contribution in [2.45, 2.75) is 6.04 Å². The SMILES string of the molecule is Cn1cc(Cl)cc1C(=O)N1CC(N2CCNCC2)C1. The van der Waals surface area contributed by atoms with Crippen LogP contribution in [0, 0.1) is 0 Å². The second-order valence-electron chi connectivity index (χ2n) is 5.30. The highest BCUT2D eigenvalue weighted by molar-refractivity contribution is 6.31. The molecular formula is C13H19ClN4O. The molecule has 2 aliphatic rings. The molecule has 0 aliphatic carbocycles. The van der Waals surface area contributed by atoms with E-state index >= 15 is 0 Å². The molecule has 2 fully saturated rings. The number of aryl methyl sites for hydroxylation is 1. The molecule has 0 aromatic carbocycles. The van der Waals surface area contributed by atoms with E-state index in [9.17, 15) is 4.79 Å². The van der Waals surface area contributed by atoms with Crippen molar-refractivity contribution in [1.82, 2.24) is 19.7 Å². The van der Waals surface area contributed by atoms with Crippen molar-refractivity contribution >= 4 is 17.5 Å². The van der Waals surface area contributed by atoms with Gasteiger partial charge in [0.2, 0.25) is 0 Å². The molecule has 1 amide bonds. The summed E-state index contributed by atoms with van der Waals surface area (Å²) in [5, 5.41) is 3.96. The van der Waals surface area contributed by atoms with E-state index in [4.69, 9.17) is 11.6 Å². The van der Waals surface area contributed by atoms with Gasteiger partial charge in [-0.1, -0.05) is 11.6 Å². The molecule has 2 aliphatic heterocycles.